The number of allylic oxidation sites excluding steroid dienone is 1. The smallest absolute Gasteiger partial charge is 0.243 e. The van der Waals surface area contributed by atoms with Gasteiger partial charge in [0.15, 0.2) is 0 Å². The van der Waals surface area contributed by atoms with Crippen molar-refractivity contribution >= 4 is 19.8 Å². The number of benzene rings is 2. The van der Waals surface area contributed by atoms with Crippen molar-refractivity contribution in [1.82, 2.24) is 0 Å². The van der Waals surface area contributed by atoms with Crippen LogP contribution in [0.2, 0.25) is 0 Å². The summed E-state index contributed by atoms with van der Waals surface area (Å²) in [7, 11) is -7.11. The summed E-state index contributed by atoms with van der Waals surface area (Å²) in [5.41, 5.74) is 0.948. The molecule has 2 aromatic carbocycles. The molecule has 1 unspecified atom stereocenters. The third kappa shape index (κ3) is 4.55. The first kappa shape index (κ1) is 18.4. The van der Waals surface area contributed by atoms with E-state index in [1.165, 1.54) is 12.1 Å². The van der Waals surface area contributed by atoms with Gasteiger partial charge in [-0.05, 0) is 37.6 Å². The number of hydrogen-bond acceptors (Lipinski definition) is 3. The maximum Gasteiger partial charge on any atom is 0.290 e. The van der Waals surface area contributed by atoms with Crippen molar-refractivity contribution < 1.29 is 12.6 Å². The van der Waals surface area contributed by atoms with Crippen molar-refractivity contribution in [2.45, 2.75) is 30.1 Å². The minimum absolute atomic E-state index is 0.0521. The summed E-state index contributed by atoms with van der Waals surface area (Å²) in [6.45, 7) is 3.83. The molecule has 0 aliphatic rings. The van der Waals surface area contributed by atoms with Gasteiger partial charge in [-0.1, -0.05) is 55.0 Å². The van der Waals surface area contributed by atoms with Crippen LogP contribution in [0.1, 0.15) is 18.9 Å². The van der Waals surface area contributed by atoms with E-state index < -0.39 is 19.8 Å². The molecule has 0 radical (unpaired) electrons. The van der Waals surface area contributed by atoms with Crippen LogP contribution in [0.25, 0.3) is 0 Å². The first-order chi connectivity index (χ1) is 11.4. The quantitative estimate of drug-likeness (QED) is 0.723. The van der Waals surface area contributed by atoms with Crippen molar-refractivity contribution in [1.29, 1.82) is 0 Å². The third-order valence-electron chi connectivity index (χ3n) is 3.37. The second kappa shape index (κ2) is 7.77. The van der Waals surface area contributed by atoms with Crippen LogP contribution in [0.4, 0.5) is 0 Å². The Morgan fingerprint density at radius 2 is 1.50 bits per heavy atom. The maximum atomic E-state index is 13.3. The molecular weight excluding hydrogens is 342 g/mol. The van der Waals surface area contributed by atoms with E-state index in [2.05, 4.69) is 3.77 Å². The highest BCUT2D eigenvalue weighted by Crippen LogP contribution is 2.21. The summed E-state index contributed by atoms with van der Waals surface area (Å²) < 4.78 is 42.3. The van der Waals surface area contributed by atoms with Crippen LogP contribution in [-0.4, -0.2) is 18.4 Å². The summed E-state index contributed by atoms with van der Waals surface area (Å²) in [5, 5.41) is 0. The molecule has 24 heavy (non-hydrogen) atoms. The minimum atomic E-state index is -4.00. The molecule has 0 fully saturated rings. The molecule has 0 heterocycles. The lowest BCUT2D eigenvalue weighted by atomic mass is 10.2. The zero-order chi connectivity index (χ0) is 17.6. The predicted molar refractivity (Wildman–Crippen MR) is 97.9 cm³/mol. The number of hydrogen-bond donors (Lipinski definition) is 0. The zero-order valence-electron chi connectivity index (χ0n) is 13.8. The Bertz CT molecular complexity index is 922. The first-order valence-corrected chi connectivity index (χ1v) is 10.8. The molecule has 4 nitrogen and oxygen atoms in total. The van der Waals surface area contributed by atoms with Crippen LogP contribution in [0.15, 0.2) is 80.3 Å². The summed E-state index contributed by atoms with van der Waals surface area (Å²) >= 11 is 0. The lowest BCUT2D eigenvalue weighted by Crippen LogP contribution is -2.09. The fourth-order valence-corrected chi connectivity index (χ4v) is 5.93. The molecule has 0 saturated heterocycles. The van der Waals surface area contributed by atoms with Gasteiger partial charge in [0.05, 0.1) is 20.4 Å². The number of rotatable bonds is 6. The van der Waals surface area contributed by atoms with Crippen LogP contribution in [-0.2, 0) is 19.8 Å². The van der Waals surface area contributed by atoms with E-state index in [0.29, 0.717) is 4.90 Å². The van der Waals surface area contributed by atoms with E-state index in [1.807, 2.05) is 19.9 Å². The molecule has 0 N–H and O–H groups in total. The zero-order valence-corrected chi connectivity index (χ0v) is 15.4. The van der Waals surface area contributed by atoms with Crippen LogP contribution >= 0.6 is 0 Å². The van der Waals surface area contributed by atoms with Crippen molar-refractivity contribution in [3.63, 3.8) is 0 Å². The van der Waals surface area contributed by atoms with Crippen LogP contribution in [0, 0.1) is 6.92 Å². The third-order valence-corrected chi connectivity index (χ3v) is 7.64. The summed E-state index contributed by atoms with van der Waals surface area (Å²) in [4.78, 5) is 0.470. The molecule has 2 aromatic rings. The van der Waals surface area contributed by atoms with E-state index in [9.17, 15) is 12.6 Å². The summed E-state index contributed by atoms with van der Waals surface area (Å²) in [6.07, 6.45) is 4.37. The van der Waals surface area contributed by atoms with Gasteiger partial charge >= 0.3 is 0 Å². The SMILES string of the molecule is CC/C=C\CS(=O)(=NS(=O)(=O)c1ccc(C)cc1)c1ccccc1. The molecule has 6 heteroatoms. The molecule has 0 spiro atoms. The first-order valence-electron chi connectivity index (χ1n) is 7.65. The Balaban J connectivity index is 2.58. The molecule has 2 rings (SSSR count). The van der Waals surface area contributed by atoms with Gasteiger partial charge in [-0.15, -0.1) is 3.77 Å². The Kier molecular flexibility index (Phi) is 5.96. The van der Waals surface area contributed by atoms with Gasteiger partial charge < -0.3 is 0 Å². The van der Waals surface area contributed by atoms with E-state index in [4.69, 9.17) is 0 Å². The molecule has 1 atom stereocenters. The van der Waals surface area contributed by atoms with E-state index >= 15 is 0 Å². The summed E-state index contributed by atoms with van der Waals surface area (Å²) in [5.74, 6) is 0.0654. The van der Waals surface area contributed by atoms with Crippen LogP contribution < -0.4 is 0 Å². The fourth-order valence-electron chi connectivity index (χ4n) is 2.08. The Hall–Kier alpha value is -1.92. The largest absolute Gasteiger partial charge is 0.290 e. The molecule has 128 valence electrons. The monoisotopic (exact) mass is 363 g/mol. The topological polar surface area (TPSA) is 63.6 Å². The van der Waals surface area contributed by atoms with E-state index in [1.54, 1.807) is 48.5 Å². The highest BCUT2D eigenvalue weighted by atomic mass is 32.3. The second-order valence-electron chi connectivity index (χ2n) is 5.36. The number of aryl methyl sites for hydroxylation is 1. The molecule has 0 aliphatic heterocycles. The molecule has 0 amide bonds. The second-order valence-corrected chi connectivity index (χ2v) is 9.47. The van der Waals surface area contributed by atoms with Crippen molar-refractivity contribution in [2.75, 3.05) is 5.75 Å². The highest BCUT2D eigenvalue weighted by Gasteiger charge is 2.19. The van der Waals surface area contributed by atoms with Crippen molar-refractivity contribution in [3.05, 3.63) is 72.3 Å². The van der Waals surface area contributed by atoms with E-state index in [0.717, 1.165) is 12.0 Å². The van der Waals surface area contributed by atoms with Crippen molar-refractivity contribution in [3.8, 4) is 0 Å². The average molecular weight is 364 g/mol. The number of nitrogens with zero attached hydrogens (tertiary/aromatic N) is 1. The standard InChI is InChI=1S/C18H21NO3S2/c1-3-4-8-15-23(20,17-9-6-5-7-10-17)19-24(21,22)18-13-11-16(2)12-14-18/h4-14H,3,15H2,1-2H3/b8-4-. The molecule has 0 saturated carbocycles. The molecule has 0 aromatic heterocycles. The Labute approximate surface area is 144 Å². The van der Waals surface area contributed by atoms with Gasteiger partial charge in [0.1, 0.15) is 0 Å². The summed E-state index contributed by atoms with van der Waals surface area (Å²) in [6, 6.07) is 14.9. The highest BCUT2D eigenvalue weighted by molar-refractivity contribution is 8.03. The molecule has 0 aliphatic carbocycles. The number of sulfonamides is 1. The fraction of sp³-hybridized carbons (Fsp3) is 0.222. The van der Waals surface area contributed by atoms with Crippen molar-refractivity contribution in [2.24, 2.45) is 3.77 Å². The maximum absolute atomic E-state index is 13.3. The van der Waals surface area contributed by atoms with E-state index in [-0.39, 0.29) is 10.6 Å². The van der Waals surface area contributed by atoms with Gasteiger partial charge in [-0.3, -0.25) is 0 Å². The normalized spacial score (nSPS) is 14.4. The van der Waals surface area contributed by atoms with Gasteiger partial charge in [-0.2, -0.15) is 8.42 Å². The lowest BCUT2D eigenvalue weighted by Gasteiger charge is -2.09. The molecular formula is C18H21NO3S2. The Morgan fingerprint density at radius 3 is 2.08 bits per heavy atom. The molecule has 0 bridgehead atoms. The Morgan fingerprint density at radius 1 is 0.875 bits per heavy atom. The van der Waals surface area contributed by atoms with Gasteiger partial charge in [0.2, 0.25) is 0 Å². The minimum Gasteiger partial charge on any atom is -0.243 e. The van der Waals surface area contributed by atoms with Gasteiger partial charge in [0, 0.05) is 4.90 Å². The van der Waals surface area contributed by atoms with Crippen LogP contribution in [0.5, 0.6) is 0 Å². The average Bonchev–Trinajstić information content (AvgIpc) is 2.56. The lowest BCUT2D eigenvalue weighted by molar-refractivity contribution is 0.598. The predicted octanol–water partition coefficient (Wildman–Crippen LogP) is 4.18. The van der Waals surface area contributed by atoms with Gasteiger partial charge in [-0.25, -0.2) is 4.21 Å². The van der Waals surface area contributed by atoms with Gasteiger partial charge in [0.25, 0.3) is 10.0 Å². The van der Waals surface area contributed by atoms with Crippen LogP contribution in [0.3, 0.4) is 0 Å².